The van der Waals surface area contributed by atoms with Gasteiger partial charge in [0, 0.05) is 12.5 Å². The lowest BCUT2D eigenvalue weighted by Crippen LogP contribution is -2.42. The fourth-order valence-electron chi connectivity index (χ4n) is 3.75. The molecule has 0 amide bonds. The molecule has 2 aliphatic rings. The molecule has 0 spiro atoms. The van der Waals surface area contributed by atoms with Gasteiger partial charge in [-0.1, -0.05) is 69.6 Å². The maximum atomic E-state index is 11.4. The molecule has 0 radical (unpaired) electrons. The average Bonchev–Trinajstić information content (AvgIpc) is 3.56. The van der Waals surface area contributed by atoms with Crippen LogP contribution in [0, 0.1) is 0 Å². The molecule has 9 nitrogen and oxygen atoms in total. The Kier molecular flexibility index (Phi) is 8.89. The number of carbonyl (C=O) groups excluding carboxylic acids is 1. The third kappa shape index (κ3) is 4.92. The maximum absolute atomic E-state index is 11.4. The normalized spacial score (nSPS) is 27.3. The summed E-state index contributed by atoms with van der Waals surface area (Å²) in [5.41, 5.74) is 0.174. The van der Waals surface area contributed by atoms with E-state index in [0.717, 1.165) is 17.6 Å². The van der Waals surface area contributed by atoms with E-state index in [4.69, 9.17) is 30.0 Å². The van der Waals surface area contributed by atoms with Crippen molar-refractivity contribution in [1.29, 1.82) is 0 Å². The van der Waals surface area contributed by atoms with Crippen LogP contribution in [0.5, 0.6) is 0 Å². The third-order valence-corrected chi connectivity index (χ3v) is 6.26. The Morgan fingerprint density at radius 3 is 2.50 bits per heavy atom. The molecule has 2 fully saturated rings. The average molecular weight is 509 g/mol. The fraction of sp³-hybridized carbons (Fsp3) is 0.478. The van der Waals surface area contributed by atoms with E-state index in [0.29, 0.717) is 11.2 Å². The lowest BCUT2D eigenvalue weighted by atomic mass is 10.1. The number of carbonyl (C=O) groups is 1. The van der Waals surface area contributed by atoms with E-state index in [-0.39, 0.29) is 5.15 Å². The van der Waals surface area contributed by atoms with E-state index < -0.39 is 35.6 Å². The molecule has 4 heterocycles. The summed E-state index contributed by atoms with van der Waals surface area (Å²) < 4.78 is 25.7. The van der Waals surface area contributed by atoms with Crippen molar-refractivity contribution in [3.05, 3.63) is 53.7 Å². The van der Waals surface area contributed by atoms with Crippen LogP contribution in [-0.2, 0) is 28.9 Å². The number of aromatic nitrogens is 4. The molecule has 0 bridgehead atoms. The molecule has 1 aromatic carbocycles. The minimum absolute atomic E-state index is 0.244. The highest BCUT2D eigenvalue weighted by Crippen LogP contribution is 2.50. The van der Waals surface area contributed by atoms with Crippen LogP contribution in [0.1, 0.15) is 53.4 Å². The van der Waals surface area contributed by atoms with Gasteiger partial charge in [-0.05, 0) is 6.92 Å². The van der Waals surface area contributed by atoms with Gasteiger partial charge in [0.1, 0.15) is 24.1 Å². The summed E-state index contributed by atoms with van der Waals surface area (Å²) in [5, 5.41) is 0.244. The second-order valence-electron chi connectivity index (χ2n) is 7.06. The van der Waals surface area contributed by atoms with E-state index in [1.54, 1.807) is 10.9 Å². The van der Waals surface area contributed by atoms with Crippen molar-refractivity contribution in [2.45, 2.75) is 71.2 Å². The van der Waals surface area contributed by atoms with Gasteiger partial charge in [-0.15, -0.1) is 0 Å². The first kappa shape index (κ1) is 26.4. The number of nitrogens with zero attached hydrogens (tertiary/aromatic N) is 4. The van der Waals surface area contributed by atoms with Crippen molar-refractivity contribution in [3.63, 3.8) is 0 Å². The van der Waals surface area contributed by atoms with Gasteiger partial charge < -0.3 is 18.4 Å². The zero-order valence-electron chi connectivity index (χ0n) is 20.0. The Bertz CT molecular complexity index is 1100. The summed E-state index contributed by atoms with van der Waals surface area (Å²) >= 11 is 7.07. The van der Waals surface area contributed by atoms with Crippen molar-refractivity contribution in [1.82, 2.24) is 19.5 Å². The molecule has 11 heteroatoms. The summed E-state index contributed by atoms with van der Waals surface area (Å²) in [7, 11) is 0. The van der Waals surface area contributed by atoms with E-state index in [9.17, 15) is 4.79 Å². The number of hydrogen-bond donors (Lipinski definition) is 0. The van der Waals surface area contributed by atoms with Crippen LogP contribution in [0.25, 0.3) is 11.2 Å². The second kappa shape index (κ2) is 11.5. The topological polar surface area (TPSA) is 97.6 Å². The fourth-order valence-corrected chi connectivity index (χ4v) is 4.70. The van der Waals surface area contributed by atoms with Crippen molar-refractivity contribution < 1.29 is 23.2 Å². The molecule has 0 saturated carbocycles. The lowest BCUT2D eigenvalue weighted by Gasteiger charge is -2.31. The van der Waals surface area contributed by atoms with Crippen molar-refractivity contribution in [3.8, 4) is 0 Å². The number of benzene rings is 1. The van der Waals surface area contributed by atoms with Crippen LogP contribution in [0.2, 0.25) is 5.15 Å². The molecular formula is C23H29ClN4O5S. The number of rotatable bonds is 4. The van der Waals surface area contributed by atoms with Crippen molar-refractivity contribution in [2.75, 3.05) is 0 Å². The molecule has 5 atom stereocenters. The third-order valence-electron chi connectivity index (χ3n) is 5.10. The predicted molar refractivity (Wildman–Crippen MR) is 130 cm³/mol. The molecule has 5 rings (SSSR count). The zero-order chi connectivity index (χ0) is 24.9. The minimum atomic E-state index is -1.04. The van der Waals surface area contributed by atoms with Gasteiger partial charge in [0.2, 0.25) is 0 Å². The summed E-state index contributed by atoms with van der Waals surface area (Å²) in [6.07, 6.45) is 1.34. The van der Waals surface area contributed by atoms with Crippen LogP contribution in [0.4, 0.5) is 0 Å². The molecule has 0 aliphatic carbocycles. The maximum Gasteiger partial charge on any atom is 0.314 e. The largest absolute Gasteiger partial charge is 0.389 e. The lowest BCUT2D eigenvalue weighted by molar-refractivity contribution is -0.176. The molecule has 0 N–H and O–H groups in total. The Balaban J connectivity index is 0.000000771. The number of hydrogen-bond acceptors (Lipinski definition) is 9. The van der Waals surface area contributed by atoms with Crippen LogP contribution < -0.4 is 0 Å². The highest BCUT2D eigenvalue weighted by atomic mass is 35.5. The molecule has 2 aliphatic heterocycles. The molecule has 2 saturated heterocycles. The van der Waals surface area contributed by atoms with Gasteiger partial charge >= 0.3 is 5.97 Å². The van der Waals surface area contributed by atoms with E-state index in [1.165, 1.54) is 13.3 Å². The van der Waals surface area contributed by atoms with Crippen LogP contribution in [0.3, 0.4) is 0 Å². The summed E-state index contributed by atoms with van der Waals surface area (Å²) in [5.74, 6) is -0.431. The Labute approximate surface area is 208 Å². The predicted octanol–water partition coefficient (Wildman–Crippen LogP) is 5.26. The van der Waals surface area contributed by atoms with Crippen LogP contribution in [-0.4, -0.2) is 43.1 Å². The molecule has 2 aromatic heterocycles. The molecule has 3 aromatic rings. The van der Waals surface area contributed by atoms with Crippen LogP contribution >= 0.6 is 23.6 Å². The van der Waals surface area contributed by atoms with Crippen molar-refractivity contribution in [2.24, 2.45) is 0 Å². The van der Waals surface area contributed by atoms with E-state index in [1.807, 2.05) is 65.0 Å². The van der Waals surface area contributed by atoms with Gasteiger partial charge in [-0.2, -0.15) is 0 Å². The smallest absolute Gasteiger partial charge is 0.314 e. The number of ether oxygens (including phenoxy) is 3. The van der Waals surface area contributed by atoms with E-state index in [2.05, 4.69) is 15.0 Å². The van der Waals surface area contributed by atoms with Gasteiger partial charge in [0.05, 0.1) is 18.4 Å². The molecule has 5 unspecified atom stereocenters. The summed E-state index contributed by atoms with van der Waals surface area (Å²) in [6, 6.07) is 9.61. The highest BCUT2D eigenvalue weighted by Gasteiger charge is 2.61. The molecule has 184 valence electrons. The van der Waals surface area contributed by atoms with Crippen molar-refractivity contribution >= 4 is 40.8 Å². The summed E-state index contributed by atoms with van der Waals surface area (Å²) in [6.45, 7) is 11.2. The Hall–Kier alpha value is -2.24. The monoisotopic (exact) mass is 508 g/mol. The quantitative estimate of drug-likeness (QED) is 0.345. The highest BCUT2D eigenvalue weighted by molar-refractivity contribution is 7.95. The minimum Gasteiger partial charge on any atom is -0.389 e. The van der Waals surface area contributed by atoms with E-state index >= 15 is 0 Å². The summed E-state index contributed by atoms with van der Waals surface area (Å²) in [4.78, 5) is 24.0. The van der Waals surface area contributed by atoms with Crippen LogP contribution in [0.15, 0.2) is 43.0 Å². The standard InChI is InChI=1S/C19H17ClN4O5S.2C2H6/c1-10(25)29-30-18-13-14(27-17(26-13)11-6-4-3-5-7-11)19(2,28-18)24-9-23-12-15(20)21-8-22-16(12)24;2*1-2/h3-9,13-14,17-18H,1-2H3;2*1-2H3. The Morgan fingerprint density at radius 2 is 1.82 bits per heavy atom. The van der Waals surface area contributed by atoms with Gasteiger partial charge in [0.15, 0.2) is 28.3 Å². The Morgan fingerprint density at radius 1 is 1.12 bits per heavy atom. The van der Waals surface area contributed by atoms with Gasteiger partial charge in [-0.25, -0.2) is 15.0 Å². The first-order chi connectivity index (χ1) is 16.5. The SMILES string of the molecule is CC.CC.CC(=O)OSC1OC(C)(n2cnc3c(Cl)ncnc32)C2OC(c3ccccc3)OC12. The number of imidazole rings is 1. The second-order valence-corrected chi connectivity index (χ2v) is 8.25. The van der Waals surface area contributed by atoms with Gasteiger partial charge in [0.25, 0.3) is 0 Å². The first-order valence-electron chi connectivity index (χ1n) is 11.2. The molecular weight excluding hydrogens is 480 g/mol. The first-order valence-corrected chi connectivity index (χ1v) is 12.4. The number of halogens is 1. The molecule has 34 heavy (non-hydrogen) atoms. The zero-order valence-corrected chi connectivity index (χ0v) is 21.5. The van der Waals surface area contributed by atoms with Gasteiger partial charge in [-0.3, -0.25) is 9.36 Å². The number of fused-ring (bicyclic) bond motifs is 2.